The van der Waals surface area contributed by atoms with E-state index in [-0.39, 0.29) is 10.6 Å². The first kappa shape index (κ1) is 16.9. The summed E-state index contributed by atoms with van der Waals surface area (Å²) in [5, 5.41) is 10.9. The summed E-state index contributed by atoms with van der Waals surface area (Å²) in [6.45, 7) is 1.08. The van der Waals surface area contributed by atoms with E-state index >= 15 is 0 Å². The van der Waals surface area contributed by atoms with E-state index in [2.05, 4.69) is 4.57 Å². The van der Waals surface area contributed by atoms with E-state index in [0.717, 1.165) is 33.5 Å². The van der Waals surface area contributed by atoms with Gasteiger partial charge in [0.2, 0.25) is 0 Å². The van der Waals surface area contributed by atoms with Crippen molar-refractivity contribution in [1.82, 2.24) is 9.55 Å². The average molecular weight is 358 g/mol. The van der Waals surface area contributed by atoms with Crippen molar-refractivity contribution >= 4 is 16.7 Å². The van der Waals surface area contributed by atoms with Crippen LogP contribution in [0.5, 0.6) is 0 Å². The zero-order chi connectivity index (χ0) is 18.8. The maximum absolute atomic E-state index is 10.9. The quantitative estimate of drug-likeness (QED) is 0.429. The molecule has 0 unspecified atom stereocenters. The molecule has 4 aromatic rings. The van der Waals surface area contributed by atoms with Gasteiger partial charge in [-0.15, -0.1) is 0 Å². The number of nitro groups is 1. The summed E-state index contributed by atoms with van der Waals surface area (Å²) in [6.07, 6.45) is 0. The third-order valence-electron chi connectivity index (χ3n) is 4.59. The Bertz CT molecular complexity index is 1100. The van der Waals surface area contributed by atoms with Crippen LogP contribution in [-0.2, 0) is 13.1 Å². The fourth-order valence-electron chi connectivity index (χ4n) is 3.15. The van der Waals surface area contributed by atoms with Crippen LogP contribution < -0.4 is 5.73 Å². The SMILES string of the molecule is NCc1ccc(-c2nc3ccccc3n2Cc2ccc([N+](=O)[O-])cc2)cc1. The van der Waals surface area contributed by atoms with Gasteiger partial charge in [-0.1, -0.05) is 48.5 Å². The first-order valence-corrected chi connectivity index (χ1v) is 8.63. The van der Waals surface area contributed by atoms with E-state index in [0.29, 0.717) is 13.1 Å². The zero-order valence-electron chi connectivity index (χ0n) is 14.6. The number of imidazole rings is 1. The molecular weight excluding hydrogens is 340 g/mol. The van der Waals surface area contributed by atoms with Crippen LogP contribution in [0, 0.1) is 10.1 Å². The molecule has 0 atom stereocenters. The summed E-state index contributed by atoms with van der Waals surface area (Å²) in [5.74, 6) is 0.859. The van der Waals surface area contributed by atoms with E-state index in [1.165, 1.54) is 12.1 Å². The molecule has 4 rings (SSSR count). The summed E-state index contributed by atoms with van der Waals surface area (Å²) in [4.78, 5) is 15.3. The first-order chi connectivity index (χ1) is 13.2. The van der Waals surface area contributed by atoms with Crippen molar-refractivity contribution in [1.29, 1.82) is 0 Å². The van der Waals surface area contributed by atoms with Crippen molar-refractivity contribution in [2.75, 3.05) is 0 Å². The molecule has 2 N–H and O–H groups in total. The highest BCUT2D eigenvalue weighted by molar-refractivity contribution is 5.80. The molecule has 0 radical (unpaired) electrons. The minimum absolute atomic E-state index is 0.0897. The van der Waals surface area contributed by atoms with Crippen LogP contribution in [0.15, 0.2) is 72.8 Å². The molecule has 0 aliphatic heterocycles. The Morgan fingerprint density at radius 1 is 0.926 bits per heavy atom. The fraction of sp³-hybridized carbons (Fsp3) is 0.0952. The normalized spacial score (nSPS) is 11.0. The lowest BCUT2D eigenvalue weighted by atomic mass is 10.1. The fourth-order valence-corrected chi connectivity index (χ4v) is 3.15. The van der Waals surface area contributed by atoms with Crippen LogP contribution >= 0.6 is 0 Å². The molecule has 0 aliphatic rings. The second-order valence-corrected chi connectivity index (χ2v) is 6.33. The number of nitrogens with zero attached hydrogens (tertiary/aromatic N) is 3. The number of fused-ring (bicyclic) bond motifs is 1. The van der Waals surface area contributed by atoms with Crippen LogP contribution in [0.25, 0.3) is 22.4 Å². The molecule has 0 spiro atoms. The number of hydrogen-bond acceptors (Lipinski definition) is 4. The summed E-state index contributed by atoms with van der Waals surface area (Å²) >= 11 is 0. The number of non-ortho nitro benzene ring substituents is 1. The maximum atomic E-state index is 10.9. The van der Waals surface area contributed by atoms with Gasteiger partial charge in [-0.2, -0.15) is 0 Å². The van der Waals surface area contributed by atoms with E-state index in [9.17, 15) is 10.1 Å². The highest BCUT2D eigenvalue weighted by Crippen LogP contribution is 2.26. The van der Waals surface area contributed by atoms with Crippen molar-refractivity contribution in [3.05, 3.63) is 94.0 Å². The predicted octanol–water partition coefficient (Wildman–Crippen LogP) is 4.12. The predicted molar refractivity (Wildman–Crippen MR) is 105 cm³/mol. The molecule has 0 bridgehead atoms. The van der Waals surface area contributed by atoms with Gasteiger partial charge in [0.15, 0.2) is 0 Å². The minimum Gasteiger partial charge on any atom is -0.326 e. The van der Waals surface area contributed by atoms with E-state index in [4.69, 9.17) is 10.7 Å². The second kappa shape index (κ2) is 7.01. The van der Waals surface area contributed by atoms with Gasteiger partial charge in [0.25, 0.3) is 5.69 Å². The van der Waals surface area contributed by atoms with Crippen LogP contribution in [0.1, 0.15) is 11.1 Å². The third kappa shape index (κ3) is 3.30. The van der Waals surface area contributed by atoms with Crippen molar-refractivity contribution < 1.29 is 4.92 Å². The van der Waals surface area contributed by atoms with Gasteiger partial charge in [0.1, 0.15) is 5.82 Å². The van der Waals surface area contributed by atoms with Crippen LogP contribution in [-0.4, -0.2) is 14.5 Å². The molecule has 0 saturated heterocycles. The number of nitrogens with two attached hydrogens (primary N) is 1. The summed E-state index contributed by atoms with van der Waals surface area (Å²) < 4.78 is 2.13. The number of hydrogen-bond donors (Lipinski definition) is 1. The lowest BCUT2D eigenvalue weighted by Gasteiger charge is -2.10. The van der Waals surface area contributed by atoms with E-state index in [1.54, 1.807) is 12.1 Å². The molecule has 0 amide bonds. The summed E-state index contributed by atoms with van der Waals surface area (Å²) in [5.41, 5.74) is 10.8. The zero-order valence-corrected chi connectivity index (χ0v) is 14.6. The van der Waals surface area contributed by atoms with Gasteiger partial charge in [0.05, 0.1) is 16.0 Å². The minimum atomic E-state index is -0.388. The highest BCUT2D eigenvalue weighted by Gasteiger charge is 2.13. The van der Waals surface area contributed by atoms with Gasteiger partial charge in [-0.25, -0.2) is 4.98 Å². The topological polar surface area (TPSA) is 87.0 Å². The monoisotopic (exact) mass is 358 g/mol. The molecule has 6 heteroatoms. The third-order valence-corrected chi connectivity index (χ3v) is 4.59. The van der Waals surface area contributed by atoms with Gasteiger partial charge >= 0.3 is 0 Å². The van der Waals surface area contributed by atoms with Crippen molar-refractivity contribution in [3.8, 4) is 11.4 Å². The van der Waals surface area contributed by atoms with Gasteiger partial charge < -0.3 is 10.3 Å². The molecule has 1 aromatic heterocycles. The smallest absolute Gasteiger partial charge is 0.269 e. The second-order valence-electron chi connectivity index (χ2n) is 6.33. The molecule has 1 heterocycles. The molecule has 6 nitrogen and oxygen atoms in total. The molecule has 0 fully saturated rings. The lowest BCUT2D eigenvalue weighted by Crippen LogP contribution is -2.03. The van der Waals surface area contributed by atoms with Crippen LogP contribution in [0.3, 0.4) is 0 Å². The first-order valence-electron chi connectivity index (χ1n) is 8.63. The van der Waals surface area contributed by atoms with Gasteiger partial charge in [-0.3, -0.25) is 10.1 Å². The van der Waals surface area contributed by atoms with Crippen molar-refractivity contribution in [2.45, 2.75) is 13.1 Å². The number of aromatic nitrogens is 2. The number of rotatable bonds is 5. The number of para-hydroxylation sites is 2. The number of benzene rings is 3. The van der Waals surface area contributed by atoms with E-state index in [1.807, 2.05) is 48.5 Å². The number of nitro benzene ring substituents is 1. The molecule has 0 saturated carbocycles. The Balaban J connectivity index is 1.79. The lowest BCUT2D eigenvalue weighted by molar-refractivity contribution is -0.384. The molecular formula is C21H18N4O2. The molecule has 27 heavy (non-hydrogen) atoms. The Kier molecular flexibility index (Phi) is 4.40. The Hall–Kier alpha value is -3.51. The molecule has 3 aromatic carbocycles. The van der Waals surface area contributed by atoms with Crippen LogP contribution in [0.4, 0.5) is 5.69 Å². The van der Waals surface area contributed by atoms with Crippen LogP contribution in [0.2, 0.25) is 0 Å². The van der Waals surface area contributed by atoms with Crippen molar-refractivity contribution in [3.63, 3.8) is 0 Å². The van der Waals surface area contributed by atoms with E-state index < -0.39 is 0 Å². The summed E-state index contributed by atoms with van der Waals surface area (Å²) in [6, 6.07) is 22.7. The molecule has 134 valence electrons. The largest absolute Gasteiger partial charge is 0.326 e. The summed E-state index contributed by atoms with van der Waals surface area (Å²) in [7, 11) is 0. The molecule has 0 aliphatic carbocycles. The van der Waals surface area contributed by atoms with Gasteiger partial charge in [-0.05, 0) is 23.3 Å². The average Bonchev–Trinajstić information content (AvgIpc) is 3.07. The van der Waals surface area contributed by atoms with Crippen molar-refractivity contribution in [2.24, 2.45) is 5.73 Å². The Labute approximate surface area is 156 Å². The Morgan fingerprint density at radius 2 is 1.59 bits per heavy atom. The Morgan fingerprint density at radius 3 is 2.26 bits per heavy atom. The maximum Gasteiger partial charge on any atom is 0.269 e. The standard InChI is InChI=1S/C21H18N4O2/c22-13-15-5-9-17(10-6-15)21-23-19-3-1-2-4-20(19)24(21)14-16-7-11-18(12-8-16)25(26)27/h1-12H,13-14,22H2. The highest BCUT2D eigenvalue weighted by atomic mass is 16.6. The van der Waals surface area contributed by atoms with Gasteiger partial charge in [0, 0.05) is 30.8 Å².